The van der Waals surface area contributed by atoms with Crippen molar-refractivity contribution in [3.8, 4) is 0 Å². The molecule has 0 aliphatic rings. The van der Waals surface area contributed by atoms with Gasteiger partial charge in [-0.25, -0.2) is 5.43 Å². The predicted molar refractivity (Wildman–Crippen MR) is 60.0 cm³/mol. The van der Waals surface area contributed by atoms with Gasteiger partial charge in [-0.15, -0.1) is 11.8 Å². The van der Waals surface area contributed by atoms with Crippen LogP contribution in [-0.2, 0) is 4.79 Å². The van der Waals surface area contributed by atoms with E-state index in [0.717, 1.165) is 11.1 Å². The molecule has 0 fully saturated rings. The van der Waals surface area contributed by atoms with E-state index in [9.17, 15) is 18.0 Å². The van der Waals surface area contributed by atoms with E-state index < -0.39 is 12.1 Å². The van der Waals surface area contributed by atoms with Crippen LogP contribution in [0.1, 0.15) is 5.56 Å². The lowest BCUT2D eigenvalue weighted by molar-refractivity contribution is -0.173. The molecule has 0 aliphatic carbocycles. The Hall–Kier alpha value is -1.50. The average molecular weight is 262 g/mol. The summed E-state index contributed by atoms with van der Waals surface area (Å²) in [5.41, 5.74) is 2.00. The minimum Gasteiger partial charge on any atom is -0.263 e. The van der Waals surface area contributed by atoms with E-state index in [1.165, 1.54) is 5.43 Å². The summed E-state index contributed by atoms with van der Waals surface area (Å²) in [5.74, 6) is -2.09. The molecule has 0 aromatic heterocycles. The molecular weight excluding hydrogens is 253 g/mol. The molecular formula is C10H9F3N2OS. The minimum atomic E-state index is -4.92. The Morgan fingerprint density at radius 3 is 2.41 bits per heavy atom. The van der Waals surface area contributed by atoms with E-state index in [-0.39, 0.29) is 0 Å². The Labute approximate surface area is 100 Å². The van der Waals surface area contributed by atoms with Crippen LogP contribution in [0.3, 0.4) is 0 Å². The van der Waals surface area contributed by atoms with Gasteiger partial charge >= 0.3 is 12.1 Å². The third-order valence-electron chi connectivity index (χ3n) is 1.75. The van der Waals surface area contributed by atoms with Crippen molar-refractivity contribution in [1.29, 1.82) is 0 Å². The highest BCUT2D eigenvalue weighted by Gasteiger charge is 2.38. The van der Waals surface area contributed by atoms with E-state index in [1.807, 2.05) is 6.26 Å². The van der Waals surface area contributed by atoms with E-state index >= 15 is 0 Å². The van der Waals surface area contributed by atoms with Gasteiger partial charge in [0.2, 0.25) is 0 Å². The first-order valence-corrected chi connectivity index (χ1v) is 5.70. The standard InChI is InChI=1S/C10H9F3N2OS/c1-17-8-4-2-7(3-5-8)6-14-15-9(16)10(11,12)13/h2-6H,1H3,(H,15,16)/b14-6+. The number of hydrogen-bond donors (Lipinski definition) is 1. The highest BCUT2D eigenvalue weighted by atomic mass is 32.2. The Balaban J connectivity index is 2.56. The maximum absolute atomic E-state index is 11.8. The zero-order valence-corrected chi connectivity index (χ0v) is 9.60. The Morgan fingerprint density at radius 2 is 1.94 bits per heavy atom. The molecule has 92 valence electrons. The Bertz CT molecular complexity index is 415. The minimum absolute atomic E-state index is 0.602. The first-order chi connectivity index (χ1) is 7.93. The molecule has 1 N–H and O–H groups in total. The average Bonchev–Trinajstić information content (AvgIpc) is 2.28. The normalized spacial score (nSPS) is 11.8. The van der Waals surface area contributed by atoms with Crippen LogP contribution in [0.4, 0.5) is 13.2 Å². The zero-order valence-electron chi connectivity index (χ0n) is 8.78. The Morgan fingerprint density at radius 1 is 1.35 bits per heavy atom. The number of halogens is 3. The van der Waals surface area contributed by atoms with E-state index in [1.54, 1.807) is 36.0 Å². The fourth-order valence-electron chi connectivity index (χ4n) is 0.919. The van der Waals surface area contributed by atoms with Crippen molar-refractivity contribution < 1.29 is 18.0 Å². The molecule has 0 bridgehead atoms. The van der Waals surface area contributed by atoms with E-state index in [0.29, 0.717) is 5.56 Å². The molecule has 0 atom stereocenters. The number of nitrogens with zero attached hydrogens (tertiary/aromatic N) is 1. The van der Waals surface area contributed by atoms with Crippen LogP contribution < -0.4 is 5.43 Å². The number of hydrazone groups is 1. The summed E-state index contributed by atoms with van der Waals surface area (Å²) in [6.07, 6.45) is -1.86. The fraction of sp³-hybridized carbons (Fsp3) is 0.200. The Kier molecular flexibility index (Phi) is 4.56. The number of amides is 1. The summed E-state index contributed by atoms with van der Waals surface area (Å²) in [5, 5.41) is 3.21. The lowest BCUT2D eigenvalue weighted by Crippen LogP contribution is -2.33. The fourth-order valence-corrected chi connectivity index (χ4v) is 1.33. The molecule has 0 radical (unpaired) electrons. The summed E-state index contributed by atoms with van der Waals surface area (Å²) in [7, 11) is 0. The van der Waals surface area contributed by atoms with E-state index in [4.69, 9.17) is 0 Å². The summed E-state index contributed by atoms with van der Waals surface area (Å²) >= 11 is 1.55. The molecule has 3 nitrogen and oxygen atoms in total. The number of carbonyl (C=O) groups excluding carboxylic acids is 1. The maximum atomic E-state index is 11.8. The molecule has 17 heavy (non-hydrogen) atoms. The molecule has 1 aromatic rings. The monoisotopic (exact) mass is 262 g/mol. The van der Waals surface area contributed by atoms with Crippen LogP contribution in [0.5, 0.6) is 0 Å². The second kappa shape index (κ2) is 5.72. The highest BCUT2D eigenvalue weighted by Crippen LogP contribution is 2.15. The van der Waals surface area contributed by atoms with Crippen molar-refractivity contribution in [2.24, 2.45) is 5.10 Å². The van der Waals surface area contributed by atoms with Gasteiger partial charge in [-0.3, -0.25) is 4.79 Å². The van der Waals surface area contributed by atoms with Crippen LogP contribution in [0.2, 0.25) is 0 Å². The summed E-state index contributed by atoms with van der Waals surface area (Å²) < 4.78 is 35.4. The molecule has 1 rings (SSSR count). The lowest BCUT2D eigenvalue weighted by Gasteiger charge is -2.02. The number of rotatable bonds is 3. The van der Waals surface area contributed by atoms with Crippen molar-refractivity contribution in [2.45, 2.75) is 11.1 Å². The third kappa shape index (κ3) is 4.48. The van der Waals surface area contributed by atoms with Crippen molar-refractivity contribution in [1.82, 2.24) is 5.43 Å². The van der Waals surface area contributed by atoms with Crippen LogP contribution in [0, 0.1) is 0 Å². The number of thioether (sulfide) groups is 1. The van der Waals surface area contributed by atoms with Gasteiger partial charge in [-0.2, -0.15) is 18.3 Å². The van der Waals surface area contributed by atoms with Gasteiger partial charge in [0, 0.05) is 4.90 Å². The van der Waals surface area contributed by atoms with Crippen molar-refractivity contribution in [2.75, 3.05) is 6.26 Å². The molecule has 1 aromatic carbocycles. The van der Waals surface area contributed by atoms with Crippen molar-refractivity contribution in [3.63, 3.8) is 0 Å². The smallest absolute Gasteiger partial charge is 0.263 e. The molecule has 0 saturated carbocycles. The number of nitrogens with one attached hydrogen (secondary N) is 1. The molecule has 0 unspecified atom stereocenters. The first-order valence-electron chi connectivity index (χ1n) is 4.48. The van der Waals surface area contributed by atoms with Gasteiger partial charge in [0.15, 0.2) is 0 Å². The predicted octanol–water partition coefficient (Wildman–Crippen LogP) is 2.42. The summed E-state index contributed by atoms with van der Waals surface area (Å²) in [4.78, 5) is 11.4. The largest absolute Gasteiger partial charge is 0.473 e. The second-order valence-corrected chi connectivity index (χ2v) is 3.85. The van der Waals surface area contributed by atoms with E-state index in [2.05, 4.69) is 5.10 Å². The van der Waals surface area contributed by atoms with Crippen LogP contribution in [0.15, 0.2) is 34.3 Å². The van der Waals surface area contributed by atoms with Crippen LogP contribution >= 0.6 is 11.8 Å². The van der Waals surface area contributed by atoms with Gasteiger partial charge in [-0.1, -0.05) is 12.1 Å². The molecule has 1 amide bonds. The number of alkyl halides is 3. The number of carbonyl (C=O) groups is 1. The van der Waals surface area contributed by atoms with Crippen LogP contribution in [-0.4, -0.2) is 24.6 Å². The number of benzene rings is 1. The van der Waals surface area contributed by atoms with Gasteiger partial charge in [-0.05, 0) is 24.0 Å². The number of hydrogen-bond acceptors (Lipinski definition) is 3. The molecule has 0 heterocycles. The van der Waals surface area contributed by atoms with Gasteiger partial charge < -0.3 is 0 Å². The first kappa shape index (κ1) is 13.6. The van der Waals surface area contributed by atoms with Crippen molar-refractivity contribution in [3.05, 3.63) is 29.8 Å². The summed E-state index contributed by atoms with van der Waals surface area (Å²) in [6.45, 7) is 0. The zero-order chi connectivity index (χ0) is 12.9. The highest BCUT2D eigenvalue weighted by molar-refractivity contribution is 7.98. The van der Waals surface area contributed by atoms with Crippen LogP contribution in [0.25, 0.3) is 0 Å². The van der Waals surface area contributed by atoms with Gasteiger partial charge in [0.05, 0.1) is 6.21 Å². The SMILES string of the molecule is CSc1ccc(/C=N/NC(=O)C(F)(F)F)cc1. The molecule has 0 aliphatic heterocycles. The van der Waals surface area contributed by atoms with Gasteiger partial charge in [0.25, 0.3) is 0 Å². The molecule has 7 heteroatoms. The molecule has 0 spiro atoms. The second-order valence-electron chi connectivity index (χ2n) is 2.97. The van der Waals surface area contributed by atoms with Crippen molar-refractivity contribution >= 4 is 23.9 Å². The quantitative estimate of drug-likeness (QED) is 0.516. The maximum Gasteiger partial charge on any atom is 0.473 e. The summed E-state index contributed by atoms with van der Waals surface area (Å²) in [6, 6.07) is 6.99. The lowest BCUT2D eigenvalue weighted by atomic mass is 10.2. The third-order valence-corrected chi connectivity index (χ3v) is 2.50. The molecule has 0 saturated heterocycles. The van der Waals surface area contributed by atoms with Gasteiger partial charge in [0.1, 0.15) is 0 Å². The topological polar surface area (TPSA) is 41.5 Å².